The second-order valence-electron chi connectivity index (χ2n) is 5.28. The van der Waals surface area contributed by atoms with Crippen LogP contribution in [0.1, 0.15) is 35.3 Å². The van der Waals surface area contributed by atoms with Crippen LogP contribution in [0.15, 0.2) is 18.2 Å². The number of carbonyl (C=O) groups excluding carboxylic acids is 1. The minimum Gasteiger partial charge on any atom is -0.379 e. The van der Waals surface area contributed by atoms with Gasteiger partial charge in [-0.05, 0) is 30.5 Å². The molecule has 0 atom stereocenters. The molecule has 0 saturated heterocycles. The van der Waals surface area contributed by atoms with Crippen molar-refractivity contribution >= 4 is 5.91 Å². The molecule has 0 aliphatic heterocycles. The number of aryl methyl sites for hydroxylation is 1. The number of rotatable bonds is 6. The quantitative estimate of drug-likeness (QED) is 0.618. The highest BCUT2D eigenvalue weighted by Crippen LogP contribution is 2.10. The summed E-state index contributed by atoms with van der Waals surface area (Å²) in [5.74, 6) is 6.09. The summed E-state index contributed by atoms with van der Waals surface area (Å²) in [6.45, 7) is 8.13. The Kier molecular flexibility index (Phi) is 7.52. The average molecular weight is 288 g/mol. The Labute approximate surface area is 127 Å². The first-order valence-electron chi connectivity index (χ1n) is 7.20. The number of hydrogen-bond donors (Lipinski definition) is 2. The van der Waals surface area contributed by atoms with Gasteiger partial charge < -0.3 is 15.8 Å². The smallest absolute Gasteiger partial charge is 0.252 e. The third-order valence-corrected chi connectivity index (χ3v) is 2.73. The zero-order valence-electron chi connectivity index (χ0n) is 13.0. The summed E-state index contributed by atoms with van der Waals surface area (Å²) >= 11 is 0. The zero-order valence-corrected chi connectivity index (χ0v) is 13.0. The van der Waals surface area contributed by atoms with Gasteiger partial charge in [0.15, 0.2) is 0 Å². The highest BCUT2D eigenvalue weighted by atomic mass is 16.5. The van der Waals surface area contributed by atoms with E-state index in [0.29, 0.717) is 36.8 Å². The van der Waals surface area contributed by atoms with E-state index in [1.165, 1.54) is 0 Å². The van der Waals surface area contributed by atoms with E-state index in [9.17, 15) is 4.79 Å². The van der Waals surface area contributed by atoms with E-state index in [4.69, 9.17) is 10.5 Å². The zero-order chi connectivity index (χ0) is 15.7. The Bertz CT molecular complexity index is 527. The summed E-state index contributed by atoms with van der Waals surface area (Å²) < 4.78 is 5.44. The molecule has 0 radical (unpaired) electrons. The van der Waals surface area contributed by atoms with Gasteiger partial charge >= 0.3 is 0 Å². The topological polar surface area (TPSA) is 64.3 Å². The Morgan fingerprint density at radius 2 is 2.19 bits per heavy atom. The summed E-state index contributed by atoms with van der Waals surface area (Å²) in [5.41, 5.74) is 7.73. The number of amides is 1. The lowest BCUT2D eigenvalue weighted by molar-refractivity contribution is 0.0886. The van der Waals surface area contributed by atoms with Crippen LogP contribution < -0.4 is 11.1 Å². The second kappa shape index (κ2) is 9.17. The molecular weight excluding hydrogens is 264 g/mol. The van der Waals surface area contributed by atoms with Gasteiger partial charge in [0, 0.05) is 18.7 Å². The van der Waals surface area contributed by atoms with Crippen LogP contribution in [0.2, 0.25) is 0 Å². The maximum absolute atomic E-state index is 12.2. The molecule has 0 bridgehead atoms. The van der Waals surface area contributed by atoms with Crippen molar-refractivity contribution in [3.05, 3.63) is 34.9 Å². The third-order valence-electron chi connectivity index (χ3n) is 2.73. The van der Waals surface area contributed by atoms with Gasteiger partial charge in [-0.15, -0.1) is 0 Å². The van der Waals surface area contributed by atoms with Crippen LogP contribution in [0.25, 0.3) is 0 Å². The highest BCUT2D eigenvalue weighted by Gasteiger charge is 2.09. The number of benzene rings is 1. The van der Waals surface area contributed by atoms with Gasteiger partial charge in [0.25, 0.3) is 5.91 Å². The van der Waals surface area contributed by atoms with E-state index in [-0.39, 0.29) is 12.5 Å². The standard InChI is InChI=1S/C17H24N2O2/c1-13(2)12-21-10-9-19-17(20)16-7-6-14(3)11-15(16)5-4-8-18/h6-7,11,13H,8-10,12,18H2,1-3H3,(H,19,20). The molecule has 1 rings (SSSR count). The fourth-order valence-electron chi connectivity index (χ4n) is 1.76. The first-order chi connectivity index (χ1) is 10.0. The van der Waals surface area contributed by atoms with Crippen molar-refractivity contribution in [2.75, 3.05) is 26.3 Å². The van der Waals surface area contributed by atoms with E-state index in [1.54, 1.807) is 6.07 Å². The van der Waals surface area contributed by atoms with Gasteiger partial charge in [0.2, 0.25) is 0 Å². The molecule has 4 heteroatoms. The van der Waals surface area contributed by atoms with E-state index in [2.05, 4.69) is 31.0 Å². The van der Waals surface area contributed by atoms with Gasteiger partial charge in [-0.3, -0.25) is 4.79 Å². The van der Waals surface area contributed by atoms with Crippen molar-refractivity contribution in [3.63, 3.8) is 0 Å². The normalized spacial score (nSPS) is 10.1. The van der Waals surface area contributed by atoms with Crippen LogP contribution in [0, 0.1) is 24.7 Å². The molecular formula is C17H24N2O2. The van der Waals surface area contributed by atoms with E-state index < -0.39 is 0 Å². The third kappa shape index (κ3) is 6.44. The largest absolute Gasteiger partial charge is 0.379 e. The van der Waals surface area contributed by atoms with Crippen molar-refractivity contribution in [1.82, 2.24) is 5.32 Å². The Hall–Kier alpha value is -1.83. The van der Waals surface area contributed by atoms with Crippen molar-refractivity contribution in [3.8, 4) is 11.8 Å². The molecule has 0 saturated carbocycles. The summed E-state index contributed by atoms with van der Waals surface area (Å²) in [6, 6.07) is 5.59. The van der Waals surface area contributed by atoms with E-state index >= 15 is 0 Å². The molecule has 0 fully saturated rings. The monoisotopic (exact) mass is 288 g/mol. The first-order valence-corrected chi connectivity index (χ1v) is 7.20. The van der Waals surface area contributed by atoms with Gasteiger partial charge in [0.1, 0.15) is 0 Å². The second-order valence-corrected chi connectivity index (χ2v) is 5.28. The lowest BCUT2D eigenvalue weighted by atomic mass is 10.0. The van der Waals surface area contributed by atoms with Crippen LogP contribution in [-0.4, -0.2) is 32.2 Å². The molecule has 1 aromatic rings. The molecule has 0 aliphatic rings. The molecule has 0 aromatic heterocycles. The van der Waals surface area contributed by atoms with Crippen LogP contribution in [0.4, 0.5) is 0 Å². The minimum atomic E-state index is -0.135. The average Bonchev–Trinajstić information content (AvgIpc) is 2.44. The van der Waals surface area contributed by atoms with Gasteiger partial charge in [-0.25, -0.2) is 0 Å². The molecule has 0 unspecified atom stereocenters. The van der Waals surface area contributed by atoms with Crippen LogP contribution in [0.5, 0.6) is 0 Å². The first kappa shape index (κ1) is 17.2. The maximum Gasteiger partial charge on any atom is 0.252 e. The summed E-state index contributed by atoms with van der Waals surface area (Å²) in [5, 5.41) is 2.85. The molecule has 1 amide bonds. The number of hydrogen-bond acceptors (Lipinski definition) is 3. The SMILES string of the molecule is Cc1ccc(C(=O)NCCOCC(C)C)c(C#CCN)c1. The Morgan fingerprint density at radius 3 is 2.86 bits per heavy atom. The predicted molar refractivity (Wildman–Crippen MR) is 85.1 cm³/mol. The summed E-state index contributed by atoms with van der Waals surface area (Å²) in [4.78, 5) is 12.2. The number of carbonyl (C=O) groups is 1. The molecule has 0 spiro atoms. The van der Waals surface area contributed by atoms with Crippen LogP contribution in [0.3, 0.4) is 0 Å². The molecule has 0 aliphatic carbocycles. The minimum absolute atomic E-state index is 0.135. The van der Waals surface area contributed by atoms with Gasteiger partial charge in [-0.2, -0.15) is 0 Å². The van der Waals surface area contributed by atoms with Gasteiger partial charge in [0.05, 0.1) is 18.7 Å². The molecule has 4 nitrogen and oxygen atoms in total. The number of ether oxygens (including phenoxy) is 1. The number of nitrogens with one attached hydrogen (secondary N) is 1. The van der Waals surface area contributed by atoms with Crippen molar-refractivity contribution < 1.29 is 9.53 Å². The highest BCUT2D eigenvalue weighted by molar-refractivity contribution is 5.96. The lowest BCUT2D eigenvalue weighted by Crippen LogP contribution is -2.28. The summed E-state index contributed by atoms with van der Waals surface area (Å²) in [7, 11) is 0. The van der Waals surface area contributed by atoms with E-state index in [0.717, 1.165) is 5.56 Å². The van der Waals surface area contributed by atoms with Crippen molar-refractivity contribution in [1.29, 1.82) is 0 Å². The fourth-order valence-corrected chi connectivity index (χ4v) is 1.76. The molecule has 3 N–H and O–H groups in total. The van der Waals surface area contributed by atoms with Crippen LogP contribution in [-0.2, 0) is 4.74 Å². The molecule has 114 valence electrons. The molecule has 21 heavy (non-hydrogen) atoms. The van der Waals surface area contributed by atoms with Gasteiger partial charge in [-0.1, -0.05) is 31.8 Å². The Balaban J connectivity index is 2.61. The van der Waals surface area contributed by atoms with Crippen molar-refractivity contribution in [2.45, 2.75) is 20.8 Å². The van der Waals surface area contributed by atoms with Crippen LogP contribution >= 0.6 is 0 Å². The van der Waals surface area contributed by atoms with Crippen molar-refractivity contribution in [2.24, 2.45) is 11.7 Å². The molecule has 1 aromatic carbocycles. The number of nitrogens with two attached hydrogens (primary N) is 1. The molecule has 0 heterocycles. The fraction of sp³-hybridized carbons (Fsp3) is 0.471. The predicted octanol–water partition coefficient (Wildman–Crippen LogP) is 1.71. The Morgan fingerprint density at radius 1 is 1.43 bits per heavy atom. The maximum atomic E-state index is 12.2. The summed E-state index contributed by atoms with van der Waals surface area (Å²) in [6.07, 6.45) is 0. The lowest BCUT2D eigenvalue weighted by Gasteiger charge is -2.09. The van der Waals surface area contributed by atoms with E-state index in [1.807, 2.05) is 19.1 Å².